The number of fused-ring (bicyclic) bond motifs is 1. The van der Waals surface area contributed by atoms with Crippen molar-refractivity contribution < 1.29 is 9.66 Å². The molecule has 0 aromatic heterocycles. The lowest BCUT2D eigenvalue weighted by Crippen LogP contribution is -2.20. The third kappa shape index (κ3) is 2.18. The number of thioether (sulfide) groups is 1. The summed E-state index contributed by atoms with van der Waals surface area (Å²) in [5.41, 5.74) is 0.0543. The molecule has 1 atom stereocenters. The van der Waals surface area contributed by atoms with Gasteiger partial charge in [-0.15, -0.1) is 23.4 Å². The molecular formula is C9H8ClNO3S. The van der Waals surface area contributed by atoms with Gasteiger partial charge in [-0.1, -0.05) is 0 Å². The molecule has 6 heteroatoms. The van der Waals surface area contributed by atoms with Gasteiger partial charge in [0.15, 0.2) is 0 Å². The van der Waals surface area contributed by atoms with Gasteiger partial charge >= 0.3 is 0 Å². The zero-order valence-corrected chi connectivity index (χ0v) is 9.25. The summed E-state index contributed by atoms with van der Waals surface area (Å²) in [6.45, 7) is 0.502. The van der Waals surface area contributed by atoms with E-state index in [0.717, 1.165) is 4.90 Å². The van der Waals surface area contributed by atoms with Crippen LogP contribution in [-0.4, -0.2) is 22.7 Å². The molecule has 1 heterocycles. The number of rotatable bonds is 2. The number of hydrogen-bond acceptors (Lipinski definition) is 4. The summed E-state index contributed by atoms with van der Waals surface area (Å²) in [5.74, 6) is 1.09. The second kappa shape index (κ2) is 4.28. The molecule has 1 aliphatic heterocycles. The molecule has 4 nitrogen and oxygen atoms in total. The van der Waals surface area contributed by atoms with Crippen molar-refractivity contribution in [3.8, 4) is 5.75 Å². The van der Waals surface area contributed by atoms with E-state index in [1.807, 2.05) is 0 Å². The van der Waals surface area contributed by atoms with Crippen LogP contribution in [0.2, 0.25) is 0 Å². The number of hydrogen-bond donors (Lipinski definition) is 0. The van der Waals surface area contributed by atoms with Crippen molar-refractivity contribution in [1.82, 2.24) is 0 Å². The van der Waals surface area contributed by atoms with Gasteiger partial charge < -0.3 is 4.74 Å². The van der Waals surface area contributed by atoms with Crippen LogP contribution < -0.4 is 4.74 Å². The standard InChI is InChI=1S/C9H8ClNO3S/c10-4-7-5-14-8-3-6(11(12)13)1-2-9(8)15-7/h1-3,7H,4-5H2. The summed E-state index contributed by atoms with van der Waals surface area (Å²) in [5, 5.41) is 10.8. The van der Waals surface area contributed by atoms with E-state index in [1.165, 1.54) is 12.1 Å². The number of ether oxygens (including phenoxy) is 1. The van der Waals surface area contributed by atoms with E-state index in [4.69, 9.17) is 16.3 Å². The molecule has 80 valence electrons. The maximum atomic E-state index is 10.5. The second-order valence-corrected chi connectivity index (χ2v) is 4.74. The van der Waals surface area contributed by atoms with Crippen LogP contribution in [0.3, 0.4) is 0 Å². The summed E-state index contributed by atoms with van der Waals surface area (Å²) < 4.78 is 5.41. The van der Waals surface area contributed by atoms with Crippen molar-refractivity contribution in [2.75, 3.05) is 12.5 Å². The second-order valence-electron chi connectivity index (χ2n) is 3.09. The van der Waals surface area contributed by atoms with Gasteiger partial charge in [0.2, 0.25) is 0 Å². The minimum absolute atomic E-state index is 0.0543. The van der Waals surface area contributed by atoms with Crippen molar-refractivity contribution in [3.05, 3.63) is 28.3 Å². The van der Waals surface area contributed by atoms with E-state index >= 15 is 0 Å². The molecule has 0 spiro atoms. The molecule has 2 rings (SSSR count). The van der Waals surface area contributed by atoms with Crippen LogP contribution in [0, 0.1) is 10.1 Å². The Morgan fingerprint density at radius 2 is 2.47 bits per heavy atom. The van der Waals surface area contributed by atoms with Crippen LogP contribution >= 0.6 is 23.4 Å². The number of nitro benzene ring substituents is 1. The molecule has 0 fully saturated rings. The Labute approximate surface area is 95.7 Å². The fourth-order valence-electron chi connectivity index (χ4n) is 1.29. The third-order valence-corrected chi connectivity index (χ3v) is 3.81. The van der Waals surface area contributed by atoms with E-state index in [0.29, 0.717) is 18.2 Å². The number of nitro groups is 1. The van der Waals surface area contributed by atoms with Gasteiger partial charge in [-0.05, 0) is 6.07 Å². The Hall–Kier alpha value is -0.940. The largest absolute Gasteiger partial charge is 0.491 e. The zero-order chi connectivity index (χ0) is 10.8. The Morgan fingerprint density at radius 3 is 3.13 bits per heavy atom. The first-order valence-electron chi connectivity index (χ1n) is 4.34. The molecule has 1 aromatic carbocycles. The van der Waals surface area contributed by atoms with Gasteiger partial charge in [0, 0.05) is 11.9 Å². The van der Waals surface area contributed by atoms with Crippen LogP contribution in [0.25, 0.3) is 0 Å². The van der Waals surface area contributed by atoms with E-state index in [9.17, 15) is 10.1 Å². The summed E-state index contributed by atoms with van der Waals surface area (Å²) in [6.07, 6.45) is 0. The molecule has 0 saturated heterocycles. The minimum atomic E-state index is -0.429. The first kappa shape index (κ1) is 10.6. The number of non-ortho nitro benzene ring substituents is 1. The number of alkyl halides is 1. The normalized spacial score (nSPS) is 19.1. The van der Waals surface area contributed by atoms with E-state index in [-0.39, 0.29) is 10.9 Å². The number of nitrogens with zero attached hydrogens (tertiary/aromatic N) is 1. The van der Waals surface area contributed by atoms with Crippen LogP contribution in [0.1, 0.15) is 0 Å². The lowest BCUT2D eigenvalue weighted by Gasteiger charge is -2.22. The topological polar surface area (TPSA) is 52.4 Å². The number of halogens is 1. The number of benzene rings is 1. The molecule has 15 heavy (non-hydrogen) atoms. The maximum absolute atomic E-state index is 10.5. The SMILES string of the molecule is O=[N+]([O-])c1ccc2c(c1)OCC(CCl)S2. The van der Waals surface area contributed by atoms with Crippen molar-refractivity contribution >= 4 is 29.1 Å². The van der Waals surface area contributed by atoms with Crippen molar-refractivity contribution in [1.29, 1.82) is 0 Å². The highest BCUT2D eigenvalue weighted by Crippen LogP contribution is 2.39. The lowest BCUT2D eigenvalue weighted by atomic mass is 10.3. The fourth-order valence-corrected chi connectivity index (χ4v) is 2.51. The first-order valence-corrected chi connectivity index (χ1v) is 5.76. The molecule has 1 unspecified atom stereocenters. The molecule has 1 aliphatic rings. The Balaban J connectivity index is 2.28. The Bertz CT molecular complexity index is 399. The van der Waals surface area contributed by atoms with Gasteiger partial charge in [-0.25, -0.2) is 0 Å². The van der Waals surface area contributed by atoms with Gasteiger partial charge in [-0.2, -0.15) is 0 Å². The van der Waals surface area contributed by atoms with Crippen LogP contribution in [0.5, 0.6) is 5.75 Å². The quantitative estimate of drug-likeness (QED) is 0.457. The highest BCUT2D eigenvalue weighted by molar-refractivity contribution is 8.00. The van der Waals surface area contributed by atoms with Gasteiger partial charge in [0.05, 0.1) is 21.1 Å². The monoisotopic (exact) mass is 245 g/mol. The molecule has 1 aromatic rings. The Kier molecular flexibility index (Phi) is 3.02. The van der Waals surface area contributed by atoms with E-state index < -0.39 is 4.92 Å². The fraction of sp³-hybridized carbons (Fsp3) is 0.333. The predicted octanol–water partition coefficient (Wildman–Crippen LogP) is 2.69. The van der Waals surface area contributed by atoms with E-state index in [1.54, 1.807) is 17.8 Å². The maximum Gasteiger partial charge on any atom is 0.273 e. The van der Waals surface area contributed by atoms with Gasteiger partial charge in [0.1, 0.15) is 12.4 Å². The molecule has 0 amide bonds. The predicted molar refractivity (Wildman–Crippen MR) is 59.0 cm³/mol. The summed E-state index contributed by atoms with van der Waals surface area (Å²) in [4.78, 5) is 11.0. The smallest absolute Gasteiger partial charge is 0.273 e. The third-order valence-electron chi connectivity index (χ3n) is 2.03. The Morgan fingerprint density at radius 1 is 1.67 bits per heavy atom. The average Bonchev–Trinajstić information content (AvgIpc) is 2.27. The summed E-state index contributed by atoms with van der Waals surface area (Å²) in [6, 6.07) is 4.63. The highest BCUT2D eigenvalue weighted by Gasteiger charge is 2.21. The van der Waals surface area contributed by atoms with Crippen molar-refractivity contribution in [2.45, 2.75) is 10.1 Å². The zero-order valence-electron chi connectivity index (χ0n) is 7.68. The molecule has 0 saturated carbocycles. The van der Waals surface area contributed by atoms with Crippen molar-refractivity contribution in [3.63, 3.8) is 0 Å². The summed E-state index contributed by atoms with van der Waals surface area (Å²) in [7, 11) is 0. The molecule has 0 N–H and O–H groups in total. The highest BCUT2D eigenvalue weighted by atomic mass is 35.5. The molecular weight excluding hydrogens is 238 g/mol. The molecule has 0 aliphatic carbocycles. The van der Waals surface area contributed by atoms with Gasteiger partial charge in [0.25, 0.3) is 5.69 Å². The molecule has 0 bridgehead atoms. The average molecular weight is 246 g/mol. The lowest BCUT2D eigenvalue weighted by molar-refractivity contribution is -0.385. The minimum Gasteiger partial charge on any atom is -0.491 e. The summed E-state index contributed by atoms with van der Waals surface area (Å²) >= 11 is 7.32. The van der Waals surface area contributed by atoms with Crippen LogP contribution in [0.15, 0.2) is 23.1 Å². The van der Waals surface area contributed by atoms with Crippen LogP contribution in [-0.2, 0) is 0 Å². The molecule has 0 radical (unpaired) electrons. The van der Waals surface area contributed by atoms with E-state index in [2.05, 4.69) is 0 Å². The van der Waals surface area contributed by atoms with Gasteiger partial charge in [-0.3, -0.25) is 10.1 Å². The first-order chi connectivity index (χ1) is 7.20. The van der Waals surface area contributed by atoms with Crippen molar-refractivity contribution in [2.24, 2.45) is 0 Å². The van der Waals surface area contributed by atoms with Crippen LogP contribution in [0.4, 0.5) is 5.69 Å².